The Bertz CT molecular complexity index is 2580. The van der Waals surface area contributed by atoms with Crippen molar-refractivity contribution in [1.82, 2.24) is 34.0 Å². The van der Waals surface area contributed by atoms with Crippen molar-refractivity contribution in [2.24, 2.45) is 11.5 Å². The van der Waals surface area contributed by atoms with Crippen LogP contribution in [0, 0.1) is 13.8 Å². The van der Waals surface area contributed by atoms with E-state index < -0.39 is 23.6 Å². The van der Waals surface area contributed by atoms with Gasteiger partial charge in [-0.05, 0) is 51.2 Å². The fourth-order valence-corrected chi connectivity index (χ4v) is 6.35. The van der Waals surface area contributed by atoms with Crippen LogP contribution >= 0.6 is 0 Å². The van der Waals surface area contributed by atoms with Gasteiger partial charge in [-0.1, -0.05) is 26.0 Å². The number of ether oxygens (including phenoxy) is 2. The van der Waals surface area contributed by atoms with E-state index in [2.05, 4.69) is 25.6 Å². The van der Waals surface area contributed by atoms with Crippen LogP contribution in [0.25, 0.3) is 22.1 Å². The minimum atomic E-state index is -0.683. The Morgan fingerprint density at radius 3 is 1.60 bits per heavy atom. The first-order valence-corrected chi connectivity index (χ1v) is 18.4. The predicted molar refractivity (Wildman–Crippen MR) is 213 cm³/mol. The molecule has 0 aliphatic rings. The Morgan fingerprint density at radius 1 is 0.741 bits per heavy atom. The number of nitrogens with two attached hydrogens (primary N) is 2. The molecule has 6 rings (SSSR count). The number of hydrogen-bond acceptors (Lipinski definition) is 13. The first-order chi connectivity index (χ1) is 27.7. The zero-order chi connectivity index (χ0) is 41.8. The maximum absolute atomic E-state index is 13.6. The average Bonchev–Trinajstić information content (AvgIpc) is 3.94. The van der Waals surface area contributed by atoms with Crippen LogP contribution < -0.4 is 31.6 Å². The van der Waals surface area contributed by atoms with Gasteiger partial charge >= 0.3 is 0 Å². The molecule has 0 atom stereocenters. The summed E-state index contributed by atoms with van der Waals surface area (Å²) in [7, 11) is 5.25. The molecule has 0 radical (unpaired) electrons. The summed E-state index contributed by atoms with van der Waals surface area (Å²) in [4.78, 5) is 71.6. The van der Waals surface area contributed by atoms with E-state index in [9.17, 15) is 19.2 Å². The van der Waals surface area contributed by atoms with Crippen molar-refractivity contribution >= 4 is 57.6 Å². The van der Waals surface area contributed by atoms with Crippen molar-refractivity contribution in [3.05, 3.63) is 82.2 Å². The van der Waals surface area contributed by atoms with Gasteiger partial charge in [0.05, 0.1) is 29.5 Å². The number of imidazole rings is 2. The van der Waals surface area contributed by atoms with Crippen molar-refractivity contribution < 1.29 is 37.5 Å². The van der Waals surface area contributed by atoms with Crippen LogP contribution in [0.2, 0.25) is 0 Å². The number of nitrogens with zero attached hydrogens (tertiary/aromatic N) is 7. The van der Waals surface area contributed by atoms with Gasteiger partial charge in [0, 0.05) is 44.6 Å². The van der Waals surface area contributed by atoms with Gasteiger partial charge in [0.2, 0.25) is 35.2 Å². The van der Waals surface area contributed by atoms with E-state index in [1.165, 1.54) is 25.3 Å². The van der Waals surface area contributed by atoms with Gasteiger partial charge in [0.1, 0.15) is 29.1 Å². The quantitative estimate of drug-likeness (QED) is 0.0954. The van der Waals surface area contributed by atoms with Gasteiger partial charge in [-0.25, -0.2) is 19.9 Å². The Hall–Kier alpha value is -7.02. The molecule has 0 saturated heterocycles. The number of oxazole rings is 2. The summed E-state index contributed by atoms with van der Waals surface area (Å²) in [6.07, 6.45) is 4.55. The van der Waals surface area contributed by atoms with Crippen LogP contribution in [0.5, 0.6) is 11.5 Å². The highest BCUT2D eigenvalue weighted by molar-refractivity contribution is 6.05. The smallest absolute Gasteiger partial charge is 0.295 e. The number of rotatable bonds is 17. The van der Waals surface area contributed by atoms with Gasteiger partial charge in [-0.2, -0.15) is 0 Å². The van der Waals surface area contributed by atoms with E-state index in [1.54, 1.807) is 29.0 Å². The number of allylic oxidation sites excluding steroid dienone is 2. The van der Waals surface area contributed by atoms with Crippen LogP contribution in [0.4, 0.5) is 11.9 Å². The van der Waals surface area contributed by atoms with Crippen molar-refractivity contribution in [1.29, 1.82) is 0 Å². The van der Waals surface area contributed by atoms with Crippen molar-refractivity contribution in [2.75, 3.05) is 45.0 Å². The molecule has 19 nitrogen and oxygen atoms in total. The topological polar surface area (TPSA) is 254 Å². The Balaban J connectivity index is 1.41. The van der Waals surface area contributed by atoms with E-state index in [0.717, 1.165) is 0 Å². The summed E-state index contributed by atoms with van der Waals surface area (Å²) in [5, 5.41) is 5.68. The summed E-state index contributed by atoms with van der Waals surface area (Å²) in [5.41, 5.74) is 14.3. The number of carbonyl (C=O) groups excluding carboxylic acids is 4. The van der Waals surface area contributed by atoms with Crippen LogP contribution in [0.1, 0.15) is 78.8 Å². The van der Waals surface area contributed by atoms with E-state index in [0.29, 0.717) is 76.1 Å². The largest absolute Gasteiger partial charge is 0.494 e. The molecule has 0 saturated carbocycles. The minimum Gasteiger partial charge on any atom is -0.494 e. The van der Waals surface area contributed by atoms with Crippen LogP contribution in [-0.2, 0) is 25.9 Å². The summed E-state index contributed by atoms with van der Waals surface area (Å²) in [5.74, 6) is -0.823. The predicted octanol–water partition coefficient (Wildman–Crippen LogP) is 4.01. The molecule has 4 aromatic heterocycles. The number of methoxy groups -OCH3 is 1. The lowest BCUT2D eigenvalue weighted by atomic mass is 10.1. The number of anilines is 2. The molecular formula is C39H45N11O8. The molecule has 0 aliphatic carbocycles. The highest BCUT2D eigenvalue weighted by Gasteiger charge is 2.25. The first kappa shape index (κ1) is 40.6. The lowest BCUT2D eigenvalue weighted by Gasteiger charge is -2.14. The average molecular weight is 796 g/mol. The number of benzene rings is 2. The second-order valence-corrected chi connectivity index (χ2v) is 13.5. The molecule has 304 valence electrons. The number of aromatic nitrogens is 6. The lowest BCUT2D eigenvalue weighted by Crippen LogP contribution is -2.20. The van der Waals surface area contributed by atoms with Crippen molar-refractivity contribution in [3.8, 4) is 11.5 Å². The van der Waals surface area contributed by atoms with E-state index in [-0.39, 0.29) is 54.2 Å². The summed E-state index contributed by atoms with van der Waals surface area (Å²) in [6, 6.07) is 6.08. The Morgan fingerprint density at radius 2 is 1.19 bits per heavy atom. The van der Waals surface area contributed by atoms with Gasteiger partial charge in [-0.3, -0.25) is 29.8 Å². The zero-order valence-corrected chi connectivity index (χ0v) is 33.3. The standard InChI is InChI=1S/C39H45N11O8/c1-8-24-32(57-20(3)42-24)36(53)46-38-44-26-16-22(34(40)51)18-28(55-7)30(26)49(38)12-10-11-13-50-31-27(17-23(35(41)52)19-29(31)56-15-14-48(5)6)45-39(50)47-37(54)33-25(9-2)43-21(4)58-33/h10-11,16-19H,8-9,12-15H2,1-7H3,(H2,40,51)(H2,41,52)(H,44,46,53)(H,45,47,54). The number of nitrogens with one attached hydrogen (secondary N) is 2. The molecule has 6 aromatic rings. The van der Waals surface area contributed by atoms with Crippen LogP contribution in [0.3, 0.4) is 0 Å². The van der Waals surface area contributed by atoms with Crippen molar-refractivity contribution in [3.63, 3.8) is 0 Å². The molecule has 4 heterocycles. The number of carbonyl (C=O) groups is 4. The number of fused-ring (bicyclic) bond motifs is 2. The molecule has 0 fully saturated rings. The fraction of sp³-hybridized carbons (Fsp3) is 0.333. The van der Waals surface area contributed by atoms with Gasteiger partial charge in [0.15, 0.2) is 11.8 Å². The summed E-state index contributed by atoms with van der Waals surface area (Å²) >= 11 is 0. The Kier molecular flexibility index (Phi) is 11.9. The fourth-order valence-electron chi connectivity index (χ4n) is 6.35. The maximum Gasteiger partial charge on any atom is 0.295 e. The monoisotopic (exact) mass is 795 g/mol. The second kappa shape index (κ2) is 17.0. The molecule has 2 aromatic carbocycles. The number of amides is 4. The minimum absolute atomic E-state index is 0.0511. The normalized spacial score (nSPS) is 11.6. The van der Waals surface area contributed by atoms with Crippen LogP contribution in [-0.4, -0.2) is 92.0 Å². The van der Waals surface area contributed by atoms with E-state index in [4.69, 9.17) is 34.8 Å². The number of aryl methyl sites for hydroxylation is 4. The van der Waals surface area contributed by atoms with Crippen molar-refractivity contribution in [2.45, 2.75) is 53.6 Å². The first-order valence-electron chi connectivity index (χ1n) is 18.4. The molecule has 58 heavy (non-hydrogen) atoms. The molecule has 6 N–H and O–H groups in total. The number of likely N-dealkylation sites (N-methyl/N-ethyl adjacent to an activating group) is 1. The molecule has 0 unspecified atom stereocenters. The third kappa shape index (κ3) is 8.38. The summed E-state index contributed by atoms with van der Waals surface area (Å²) < 4.78 is 26.5. The lowest BCUT2D eigenvalue weighted by molar-refractivity contribution is 0.0985. The highest BCUT2D eigenvalue weighted by atomic mass is 16.5. The van der Waals surface area contributed by atoms with E-state index >= 15 is 0 Å². The SMILES string of the molecule is CCc1nc(C)oc1C(=O)Nc1nc2cc(C(N)=O)cc(OC)c2n1CC=CCn1c(NC(=O)c2oc(C)nc2CC)nc2cc(C(N)=O)cc(OCCN(C)C)c21. The van der Waals surface area contributed by atoms with Crippen LogP contribution in [0.15, 0.2) is 45.3 Å². The summed E-state index contributed by atoms with van der Waals surface area (Å²) in [6.45, 7) is 8.15. The van der Waals surface area contributed by atoms with Gasteiger partial charge in [-0.15, -0.1) is 0 Å². The molecule has 4 amide bonds. The number of hydrogen-bond donors (Lipinski definition) is 4. The third-order valence-electron chi connectivity index (χ3n) is 9.08. The molecule has 0 aliphatic heterocycles. The highest BCUT2D eigenvalue weighted by Crippen LogP contribution is 2.33. The molecule has 0 spiro atoms. The maximum atomic E-state index is 13.6. The molecule has 19 heteroatoms. The number of primary amides is 2. The third-order valence-corrected chi connectivity index (χ3v) is 9.08. The molecular weight excluding hydrogens is 750 g/mol. The van der Waals surface area contributed by atoms with Gasteiger partial charge in [0.25, 0.3) is 11.8 Å². The van der Waals surface area contributed by atoms with E-state index in [1.807, 2.05) is 45.0 Å². The zero-order valence-electron chi connectivity index (χ0n) is 33.3. The second-order valence-electron chi connectivity index (χ2n) is 13.5. The molecule has 0 bridgehead atoms. The van der Waals surface area contributed by atoms with Gasteiger partial charge < -0.3 is 43.8 Å². The Labute approximate surface area is 332 Å².